The first kappa shape index (κ1) is 11.8. The van der Waals surface area contributed by atoms with Gasteiger partial charge in [-0.1, -0.05) is 0 Å². The number of carbonyl (C=O) groups excluding carboxylic acids is 1. The minimum Gasteiger partial charge on any atom is -0.394 e. The number of hydrogen-bond acceptors (Lipinski definition) is 4. The number of aliphatic hydroxyl groups excluding tert-OH is 1. The van der Waals surface area contributed by atoms with Crippen LogP contribution in [0.4, 0.5) is 0 Å². The van der Waals surface area contributed by atoms with Gasteiger partial charge in [0.25, 0.3) is 0 Å². The predicted octanol–water partition coefficient (Wildman–Crippen LogP) is -0.746. The molecule has 2 fully saturated rings. The summed E-state index contributed by atoms with van der Waals surface area (Å²) in [5.41, 5.74) is -0.447. The van der Waals surface area contributed by atoms with E-state index in [0.717, 1.165) is 19.5 Å². The molecule has 16 heavy (non-hydrogen) atoms. The van der Waals surface area contributed by atoms with Gasteiger partial charge in [-0.15, -0.1) is 0 Å². The summed E-state index contributed by atoms with van der Waals surface area (Å²) < 4.78 is 5.26. The Morgan fingerprint density at radius 1 is 1.50 bits per heavy atom. The zero-order chi connectivity index (χ0) is 11.4. The monoisotopic (exact) mass is 228 g/mol. The van der Waals surface area contributed by atoms with Crippen molar-refractivity contribution < 1.29 is 14.6 Å². The molecule has 0 aromatic rings. The summed E-state index contributed by atoms with van der Waals surface area (Å²) >= 11 is 0. The number of aliphatic hydroxyl groups is 1. The molecule has 0 aromatic heterocycles. The van der Waals surface area contributed by atoms with Crippen molar-refractivity contribution in [3.05, 3.63) is 0 Å². The zero-order valence-electron chi connectivity index (χ0n) is 9.50. The Bertz CT molecular complexity index is 246. The number of ether oxygens (including phenoxy) is 1. The predicted molar refractivity (Wildman–Crippen MR) is 59.0 cm³/mol. The highest BCUT2D eigenvalue weighted by Gasteiger charge is 2.35. The number of amides is 1. The molecule has 2 saturated heterocycles. The molecule has 2 aliphatic heterocycles. The maximum atomic E-state index is 12.0. The average molecular weight is 228 g/mol. The molecular formula is C11H20N2O3. The highest BCUT2D eigenvalue weighted by Crippen LogP contribution is 2.21. The molecule has 0 saturated carbocycles. The number of rotatable bonds is 3. The number of hydrogen-bond donors (Lipinski definition) is 3. The second-order valence-corrected chi connectivity index (χ2v) is 4.73. The van der Waals surface area contributed by atoms with Crippen molar-refractivity contribution >= 4 is 5.91 Å². The smallest absolute Gasteiger partial charge is 0.224 e. The van der Waals surface area contributed by atoms with E-state index in [1.165, 1.54) is 0 Å². The van der Waals surface area contributed by atoms with Crippen LogP contribution in [0, 0.1) is 5.92 Å². The van der Waals surface area contributed by atoms with E-state index in [-0.39, 0.29) is 18.4 Å². The topological polar surface area (TPSA) is 70.6 Å². The van der Waals surface area contributed by atoms with Crippen LogP contribution in [0.5, 0.6) is 0 Å². The Kier molecular flexibility index (Phi) is 3.78. The lowest BCUT2D eigenvalue weighted by Gasteiger charge is -2.37. The van der Waals surface area contributed by atoms with Crippen LogP contribution >= 0.6 is 0 Å². The van der Waals surface area contributed by atoms with Crippen molar-refractivity contribution in [2.24, 2.45) is 5.92 Å². The molecule has 0 bridgehead atoms. The van der Waals surface area contributed by atoms with Gasteiger partial charge in [-0.05, 0) is 25.8 Å². The first-order chi connectivity index (χ1) is 7.76. The summed E-state index contributed by atoms with van der Waals surface area (Å²) in [5, 5.41) is 15.6. The SMILES string of the molecule is O=C(NC1(CO)CCOCC1)C1CCNC1. The fraction of sp³-hybridized carbons (Fsp3) is 0.909. The maximum Gasteiger partial charge on any atom is 0.224 e. The molecule has 5 heteroatoms. The summed E-state index contributed by atoms with van der Waals surface area (Å²) in [7, 11) is 0. The van der Waals surface area contributed by atoms with Crippen LogP contribution < -0.4 is 10.6 Å². The molecule has 3 N–H and O–H groups in total. The third kappa shape index (κ3) is 2.53. The highest BCUT2D eigenvalue weighted by atomic mass is 16.5. The van der Waals surface area contributed by atoms with E-state index in [4.69, 9.17) is 4.74 Å². The maximum absolute atomic E-state index is 12.0. The van der Waals surface area contributed by atoms with E-state index in [9.17, 15) is 9.90 Å². The Hall–Kier alpha value is -0.650. The molecule has 2 aliphatic rings. The summed E-state index contributed by atoms with van der Waals surface area (Å²) in [6.07, 6.45) is 2.30. The first-order valence-electron chi connectivity index (χ1n) is 5.97. The standard InChI is InChI=1S/C11H20N2O3/c14-8-11(2-5-16-6-3-11)13-10(15)9-1-4-12-7-9/h9,12,14H,1-8H2,(H,13,15). The minimum atomic E-state index is -0.447. The fourth-order valence-electron chi connectivity index (χ4n) is 2.33. The lowest BCUT2D eigenvalue weighted by Crippen LogP contribution is -2.56. The van der Waals surface area contributed by atoms with Gasteiger partial charge in [0.2, 0.25) is 5.91 Å². The third-order valence-electron chi connectivity index (χ3n) is 3.57. The lowest BCUT2D eigenvalue weighted by molar-refractivity contribution is -0.128. The van der Waals surface area contributed by atoms with Crippen LogP contribution in [0.15, 0.2) is 0 Å². The Labute approximate surface area is 95.5 Å². The molecule has 1 amide bonds. The van der Waals surface area contributed by atoms with Crippen LogP contribution in [-0.4, -0.2) is 49.5 Å². The van der Waals surface area contributed by atoms with E-state index in [1.807, 2.05) is 0 Å². The fourth-order valence-corrected chi connectivity index (χ4v) is 2.33. The molecular weight excluding hydrogens is 208 g/mol. The van der Waals surface area contributed by atoms with Crippen LogP contribution in [0.25, 0.3) is 0 Å². The van der Waals surface area contributed by atoms with E-state index < -0.39 is 5.54 Å². The van der Waals surface area contributed by atoms with Crippen molar-refractivity contribution in [2.75, 3.05) is 32.9 Å². The number of carbonyl (C=O) groups is 1. The summed E-state index contributed by atoms with van der Waals surface area (Å²) in [6, 6.07) is 0. The van der Waals surface area contributed by atoms with Crippen molar-refractivity contribution in [1.82, 2.24) is 10.6 Å². The van der Waals surface area contributed by atoms with E-state index >= 15 is 0 Å². The highest BCUT2D eigenvalue weighted by molar-refractivity contribution is 5.80. The number of nitrogens with one attached hydrogen (secondary N) is 2. The molecule has 0 spiro atoms. The quantitative estimate of drug-likeness (QED) is 0.594. The van der Waals surface area contributed by atoms with E-state index in [0.29, 0.717) is 26.1 Å². The van der Waals surface area contributed by atoms with Crippen LogP contribution in [0.2, 0.25) is 0 Å². The molecule has 1 atom stereocenters. The Morgan fingerprint density at radius 2 is 2.25 bits per heavy atom. The molecule has 2 rings (SSSR count). The van der Waals surface area contributed by atoms with E-state index in [2.05, 4.69) is 10.6 Å². The minimum absolute atomic E-state index is 0.00223. The molecule has 0 aliphatic carbocycles. The second kappa shape index (κ2) is 5.12. The molecule has 0 radical (unpaired) electrons. The van der Waals surface area contributed by atoms with Gasteiger partial charge in [-0.2, -0.15) is 0 Å². The zero-order valence-corrected chi connectivity index (χ0v) is 9.50. The summed E-state index contributed by atoms with van der Waals surface area (Å²) in [6.45, 7) is 2.90. The Morgan fingerprint density at radius 3 is 2.81 bits per heavy atom. The van der Waals surface area contributed by atoms with Crippen LogP contribution in [-0.2, 0) is 9.53 Å². The van der Waals surface area contributed by atoms with Gasteiger partial charge >= 0.3 is 0 Å². The largest absolute Gasteiger partial charge is 0.394 e. The van der Waals surface area contributed by atoms with Gasteiger partial charge in [0.15, 0.2) is 0 Å². The van der Waals surface area contributed by atoms with Gasteiger partial charge in [0.05, 0.1) is 18.1 Å². The Balaban J connectivity index is 1.91. The third-order valence-corrected chi connectivity index (χ3v) is 3.57. The van der Waals surface area contributed by atoms with Crippen molar-refractivity contribution in [1.29, 1.82) is 0 Å². The molecule has 92 valence electrons. The second-order valence-electron chi connectivity index (χ2n) is 4.73. The molecule has 0 aromatic carbocycles. The van der Waals surface area contributed by atoms with Gasteiger partial charge in [0.1, 0.15) is 0 Å². The average Bonchev–Trinajstić information content (AvgIpc) is 2.84. The van der Waals surface area contributed by atoms with Crippen LogP contribution in [0.1, 0.15) is 19.3 Å². The van der Waals surface area contributed by atoms with Gasteiger partial charge in [-0.3, -0.25) is 4.79 Å². The normalized spacial score (nSPS) is 28.9. The molecule has 1 unspecified atom stereocenters. The summed E-state index contributed by atoms with van der Waals surface area (Å²) in [4.78, 5) is 12.0. The van der Waals surface area contributed by atoms with Gasteiger partial charge in [0, 0.05) is 19.8 Å². The first-order valence-corrected chi connectivity index (χ1v) is 5.97. The van der Waals surface area contributed by atoms with Crippen molar-refractivity contribution in [3.63, 3.8) is 0 Å². The van der Waals surface area contributed by atoms with Gasteiger partial charge < -0.3 is 20.5 Å². The summed E-state index contributed by atoms with van der Waals surface area (Å²) in [5.74, 6) is 0.132. The van der Waals surface area contributed by atoms with Gasteiger partial charge in [-0.25, -0.2) is 0 Å². The van der Waals surface area contributed by atoms with Crippen molar-refractivity contribution in [3.8, 4) is 0 Å². The van der Waals surface area contributed by atoms with E-state index in [1.54, 1.807) is 0 Å². The lowest BCUT2D eigenvalue weighted by atomic mass is 9.90. The van der Waals surface area contributed by atoms with Crippen molar-refractivity contribution in [2.45, 2.75) is 24.8 Å². The van der Waals surface area contributed by atoms with Crippen LogP contribution in [0.3, 0.4) is 0 Å². The molecule has 2 heterocycles. The molecule has 5 nitrogen and oxygen atoms in total.